The Kier molecular flexibility index (Phi) is 2.76. The third-order valence-electron chi connectivity index (χ3n) is 2.30. The number of aromatic nitrogens is 1. The number of alkyl halides is 2. The van der Waals surface area contributed by atoms with Crippen molar-refractivity contribution in [3.8, 4) is 0 Å². The standard InChI is InChI=1S/C11H7ClF3N/c1-5-2-10(11(14)15)16-9-4-7(12)8(13)3-6(5)9/h2-4,11H,1H3. The normalized spacial score (nSPS) is 11.4. The van der Waals surface area contributed by atoms with Crippen LogP contribution in [-0.4, -0.2) is 4.98 Å². The van der Waals surface area contributed by atoms with Crippen molar-refractivity contribution in [1.29, 1.82) is 0 Å². The van der Waals surface area contributed by atoms with Crippen molar-refractivity contribution in [3.63, 3.8) is 0 Å². The van der Waals surface area contributed by atoms with Gasteiger partial charge in [-0.15, -0.1) is 0 Å². The summed E-state index contributed by atoms with van der Waals surface area (Å²) in [4.78, 5) is 3.74. The van der Waals surface area contributed by atoms with Crippen LogP contribution in [0.2, 0.25) is 5.02 Å². The van der Waals surface area contributed by atoms with E-state index in [0.29, 0.717) is 10.9 Å². The number of nitrogens with zero attached hydrogens (tertiary/aromatic N) is 1. The zero-order chi connectivity index (χ0) is 11.9. The molecule has 0 spiro atoms. The largest absolute Gasteiger partial charge is 0.280 e. The fourth-order valence-electron chi connectivity index (χ4n) is 1.53. The second kappa shape index (κ2) is 3.94. The van der Waals surface area contributed by atoms with E-state index in [1.165, 1.54) is 18.2 Å². The molecule has 1 nitrogen and oxygen atoms in total. The van der Waals surface area contributed by atoms with E-state index in [-0.39, 0.29) is 16.2 Å². The van der Waals surface area contributed by atoms with E-state index in [1.807, 2.05) is 0 Å². The smallest absolute Gasteiger partial charge is 0.247 e. The van der Waals surface area contributed by atoms with Gasteiger partial charge in [-0.05, 0) is 30.7 Å². The first kappa shape index (κ1) is 11.2. The topological polar surface area (TPSA) is 12.9 Å². The van der Waals surface area contributed by atoms with Crippen LogP contribution in [0.25, 0.3) is 10.9 Å². The number of pyridine rings is 1. The minimum absolute atomic E-state index is 0.120. The molecule has 0 radical (unpaired) electrons. The summed E-state index contributed by atoms with van der Waals surface area (Å²) in [7, 11) is 0. The Morgan fingerprint density at radius 1 is 1.25 bits per heavy atom. The first-order valence-electron chi connectivity index (χ1n) is 4.53. The van der Waals surface area contributed by atoms with Crippen molar-refractivity contribution in [3.05, 3.63) is 40.3 Å². The fraction of sp³-hybridized carbons (Fsp3) is 0.182. The maximum Gasteiger partial charge on any atom is 0.280 e. The second-order valence-corrected chi connectivity index (χ2v) is 3.86. The van der Waals surface area contributed by atoms with Gasteiger partial charge >= 0.3 is 0 Å². The molecule has 2 rings (SSSR count). The molecule has 0 saturated heterocycles. The van der Waals surface area contributed by atoms with Crippen molar-refractivity contribution in [1.82, 2.24) is 4.98 Å². The van der Waals surface area contributed by atoms with Crippen LogP contribution < -0.4 is 0 Å². The first-order valence-corrected chi connectivity index (χ1v) is 4.91. The molecule has 0 aliphatic heterocycles. The minimum atomic E-state index is -2.65. The van der Waals surface area contributed by atoms with Crippen LogP contribution in [-0.2, 0) is 0 Å². The quantitative estimate of drug-likeness (QED) is 0.731. The predicted octanol–water partition coefficient (Wildman–Crippen LogP) is 4.27. The Morgan fingerprint density at radius 3 is 2.56 bits per heavy atom. The van der Waals surface area contributed by atoms with Gasteiger partial charge in [0.05, 0.1) is 10.5 Å². The maximum atomic E-state index is 13.2. The molecule has 84 valence electrons. The van der Waals surface area contributed by atoms with E-state index < -0.39 is 12.2 Å². The van der Waals surface area contributed by atoms with E-state index in [4.69, 9.17) is 11.6 Å². The highest BCUT2D eigenvalue weighted by molar-refractivity contribution is 6.31. The summed E-state index contributed by atoms with van der Waals surface area (Å²) in [5, 5.41) is 0.372. The fourth-order valence-corrected chi connectivity index (χ4v) is 1.69. The number of aryl methyl sites for hydroxylation is 1. The van der Waals surface area contributed by atoms with Gasteiger partial charge in [-0.1, -0.05) is 11.6 Å². The van der Waals surface area contributed by atoms with Crippen molar-refractivity contribution >= 4 is 22.5 Å². The number of hydrogen-bond donors (Lipinski definition) is 0. The number of halogens is 4. The van der Waals surface area contributed by atoms with E-state index in [2.05, 4.69) is 4.98 Å². The molecular weight excluding hydrogens is 239 g/mol. The van der Waals surface area contributed by atoms with E-state index in [1.54, 1.807) is 6.92 Å². The average molecular weight is 246 g/mol. The van der Waals surface area contributed by atoms with Crippen molar-refractivity contribution in [2.45, 2.75) is 13.3 Å². The molecule has 1 aromatic heterocycles. The lowest BCUT2D eigenvalue weighted by Crippen LogP contribution is -1.94. The zero-order valence-electron chi connectivity index (χ0n) is 8.27. The van der Waals surface area contributed by atoms with Crippen LogP contribution >= 0.6 is 11.6 Å². The van der Waals surface area contributed by atoms with Gasteiger partial charge in [0, 0.05) is 5.39 Å². The van der Waals surface area contributed by atoms with Gasteiger partial charge in [0.1, 0.15) is 11.5 Å². The van der Waals surface area contributed by atoms with Crippen LogP contribution in [0.5, 0.6) is 0 Å². The van der Waals surface area contributed by atoms with E-state index in [9.17, 15) is 13.2 Å². The predicted molar refractivity (Wildman–Crippen MR) is 56.4 cm³/mol. The van der Waals surface area contributed by atoms with Gasteiger partial charge in [0.15, 0.2) is 0 Å². The molecule has 0 amide bonds. The molecule has 0 saturated carbocycles. The number of benzene rings is 1. The zero-order valence-corrected chi connectivity index (χ0v) is 9.02. The molecule has 0 aliphatic rings. The molecule has 0 fully saturated rings. The van der Waals surface area contributed by atoms with Gasteiger partial charge < -0.3 is 0 Å². The molecular formula is C11H7ClF3N. The summed E-state index contributed by atoms with van der Waals surface area (Å²) >= 11 is 5.57. The highest BCUT2D eigenvalue weighted by Gasteiger charge is 2.13. The SMILES string of the molecule is Cc1cc(C(F)F)nc2cc(Cl)c(F)cc12. The maximum absolute atomic E-state index is 13.2. The summed E-state index contributed by atoms with van der Waals surface area (Å²) in [6.45, 7) is 1.63. The molecule has 16 heavy (non-hydrogen) atoms. The van der Waals surface area contributed by atoms with Crippen LogP contribution in [0, 0.1) is 12.7 Å². The molecule has 0 N–H and O–H groups in total. The lowest BCUT2D eigenvalue weighted by atomic mass is 10.1. The number of rotatable bonds is 1. The Bertz CT molecular complexity index is 554. The molecule has 1 heterocycles. The molecule has 0 aliphatic carbocycles. The monoisotopic (exact) mass is 245 g/mol. The summed E-state index contributed by atoms with van der Waals surface area (Å²) in [5.74, 6) is -0.580. The van der Waals surface area contributed by atoms with Crippen LogP contribution in [0.15, 0.2) is 18.2 Å². The first-order chi connectivity index (χ1) is 7.49. The minimum Gasteiger partial charge on any atom is -0.247 e. The molecule has 5 heteroatoms. The summed E-state index contributed by atoms with van der Waals surface area (Å²) < 4.78 is 38.2. The second-order valence-electron chi connectivity index (χ2n) is 3.45. The third kappa shape index (κ3) is 1.85. The van der Waals surface area contributed by atoms with Crippen LogP contribution in [0.4, 0.5) is 13.2 Å². The molecule has 2 aromatic rings. The van der Waals surface area contributed by atoms with Crippen LogP contribution in [0.1, 0.15) is 17.7 Å². The highest BCUT2D eigenvalue weighted by atomic mass is 35.5. The highest BCUT2D eigenvalue weighted by Crippen LogP contribution is 2.27. The molecule has 0 unspecified atom stereocenters. The van der Waals surface area contributed by atoms with E-state index >= 15 is 0 Å². The number of fused-ring (bicyclic) bond motifs is 1. The third-order valence-corrected chi connectivity index (χ3v) is 2.59. The van der Waals surface area contributed by atoms with Crippen molar-refractivity contribution < 1.29 is 13.2 Å². The Labute approximate surface area is 94.9 Å². The Morgan fingerprint density at radius 2 is 1.94 bits per heavy atom. The van der Waals surface area contributed by atoms with Gasteiger partial charge in [-0.2, -0.15) is 0 Å². The van der Waals surface area contributed by atoms with Crippen LogP contribution in [0.3, 0.4) is 0 Å². The Balaban J connectivity index is 2.77. The Hall–Kier alpha value is -1.29. The van der Waals surface area contributed by atoms with Gasteiger partial charge in [-0.25, -0.2) is 18.2 Å². The molecule has 0 atom stereocenters. The molecule has 0 bridgehead atoms. The van der Waals surface area contributed by atoms with Gasteiger partial charge in [0.2, 0.25) is 0 Å². The lowest BCUT2D eigenvalue weighted by Gasteiger charge is -2.06. The lowest BCUT2D eigenvalue weighted by molar-refractivity contribution is 0.146. The summed E-state index contributed by atoms with van der Waals surface area (Å²) in [6.07, 6.45) is -2.65. The molecule has 1 aromatic carbocycles. The number of hydrogen-bond acceptors (Lipinski definition) is 1. The van der Waals surface area contributed by atoms with E-state index in [0.717, 1.165) is 0 Å². The summed E-state index contributed by atoms with van der Waals surface area (Å²) in [6, 6.07) is 3.71. The van der Waals surface area contributed by atoms with Gasteiger partial charge in [0.25, 0.3) is 6.43 Å². The van der Waals surface area contributed by atoms with Crippen molar-refractivity contribution in [2.24, 2.45) is 0 Å². The van der Waals surface area contributed by atoms with Crippen molar-refractivity contribution in [2.75, 3.05) is 0 Å². The van der Waals surface area contributed by atoms with Gasteiger partial charge in [-0.3, -0.25) is 0 Å². The average Bonchev–Trinajstić information content (AvgIpc) is 2.20. The summed E-state index contributed by atoms with van der Waals surface area (Å²) in [5.41, 5.74) is 0.505.